The molecule has 136 valence electrons. The predicted molar refractivity (Wildman–Crippen MR) is 90.0 cm³/mol. The molecular weight excluding hydrogens is 347 g/mol. The zero-order valence-electron chi connectivity index (χ0n) is 14.5. The lowest BCUT2D eigenvalue weighted by molar-refractivity contribution is -0.285. The Morgan fingerprint density at radius 1 is 1.11 bits per heavy atom. The van der Waals surface area contributed by atoms with E-state index in [1.165, 1.54) is 18.2 Å². The summed E-state index contributed by atoms with van der Waals surface area (Å²) >= 11 is 0. The molecule has 2 heterocycles. The van der Waals surface area contributed by atoms with E-state index in [4.69, 9.17) is 14.9 Å². The summed E-state index contributed by atoms with van der Waals surface area (Å²) in [4.78, 5) is 0. The van der Waals surface area contributed by atoms with Gasteiger partial charge in [0, 0.05) is 6.42 Å². The van der Waals surface area contributed by atoms with Crippen molar-refractivity contribution in [2.24, 2.45) is 16.7 Å². The average molecular weight is 364 g/mol. The summed E-state index contributed by atoms with van der Waals surface area (Å²) in [6, 6.07) is 11.6. The van der Waals surface area contributed by atoms with E-state index in [2.05, 4.69) is 6.07 Å². The van der Waals surface area contributed by atoms with E-state index < -0.39 is 34.5 Å². The van der Waals surface area contributed by atoms with Crippen molar-refractivity contribution in [3.63, 3.8) is 0 Å². The molecule has 1 N–H and O–H groups in total. The van der Waals surface area contributed by atoms with E-state index in [1.54, 1.807) is 6.07 Å². The van der Waals surface area contributed by atoms with E-state index in [-0.39, 0.29) is 11.5 Å². The average Bonchev–Trinajstić information content (AvgIpc) is 2.80. The third-order valence-electron chi connectivity index (χ3n) is 6.22. The second-order valence-corrected chi connectivity index (χ2v) is 7.40. The van der Waals surface area contributed by atoms with Crippen LogP contribution in [0.25, 0.3) is 0 Å². The number of ether oxygens (including phenoxy) is 2. The fraction of sp³-hybridized carbons (Fsp3) is 0.500. The Kier molecular flexibility index (Phi) is 3.74. The molecule has 2 saturated heterocycles. The van der Waals surface area contributed by atoms with Crippen LogP contribution in [0, 0.1) is 62.0 Å². The summed E-state index contributed by atoms with van der Waals surface area (Å²) in [5.74, 6) is -2.75. The summed E-state index contributed by atoms with van der Waals surface area (Å²) in [5, 5.41) is 38.8. The third-order valence-corrected chi connectivity index (χ3v) is 6.22. The SMILES string of the molecule is N#CC1(C#N)[C@H](c2cccc(F)c2)O[C@@]23CCCCC[C@H]2[C@]1(C#N)C(=N)O3. The van der Waals surface area contributed by atoms with Gasteiger partial charge in [-0.25, -0.2) is 4.39 Å². The number of benzene rings is 1. The quantitative estimate of drug-likeness (QED) is 0.815. The summed E-state index contributed by atoms with van der Waals surface area (Å²) < 4.78 is 26.0. The van der Waals surface area contributed by atoms with Crippen LogP contribution < -0.4 is 0 Å². The van der Waals surface area contributed by atoms with Crippen molar-refractivity contribution in [2.75, 3.05) is 0 Å². The second-order valence-electron chi connectivity index (χ2n) is 7.40. The Bertz CT molecular complexity index is 929. The predicted octanol–water partition coefficient (Wildman–Crippen LogP) is 3.72. The van der Waals surface area contributed by atoms with Gasteiger partial charge in [0.15, 0.2) is 5.41 Å². The largest absolute Gasteiger partial charge is 0.447 e. The summed E-state index contributed by atoms with van der Waals surface area (Å²) in [7, 11) is 0. The summed E-state index contributed by atoms with van der Waals surface area (Å²) in [6.45, 7) is 0. The first kappa shape index (κ1) is 17.5. The molecule has 0 spiro atoms. The molecule has 3 fully saturated rings. The van der Waals surface area contributed by atoms with Crippen LogP contribution in [0.1, 0.15) is 43.8 Å². The lowest BCUT2D eigenvalue weighted by Crippen LogP contribution is -2.59. The van der Waals surface area contributed by atoms with Crippen molar-refractivity contribution in [2.45, 2.75) is 44.0 Å². The number of nitrogens with zero attached hydrogens (tertiary/aromatic N) is 3. The molecule has 1 aliphatic carbocycles. The molecule has 0 amide bonds. The van der Waals surface area contributed by atoms with Crippen molar-refractivity contribution < 1.29 is 13.9 Å². The molecule has 1 aromatic rings. The van der Waals surface area contributed by atoms with Gasteiger partial charge in [0.1, 0.15) is 11.9 Å². The Balaban J connectivity index is 2.01. The van der Waals surface area contributed by atoms with Crippen LogP contribution in [-0.4, -0.2) is 11.7 Å². The van der Waals surface area contributed by atoms with Crippen LogP contribution in [-0.2, 0) is 9.47 Å². The van der Waals surface area contributed by atoms with Gasteiger partial charge in [0.25, 0.3) is 0 Å². The monoisotopic (exact) mass is 364 g/mol. The lowest BCUT2D eigenvalue weighted by Gasteiger charge is -2.49. The maximum Gasteiger partial charge on any atom is 0.217 e. The lowest BCUT2D eigenvalue weighted by atomic mass is 9.52. The van der Waals surface area contributed by atoms with Gasteiger partial charge >= 0.3 is 0 Å². The van der Waals surface area contributed by atoms with Crippen LogP contribution in [0.5, 0.6) is 0 Å². The molecule has 1 aromatic carbocycles. The van der Waals surface area contributed by atoms with E-state index in [1.807, 2.05) is 12.1 Å². The Labute approximate surface area is 156 Å². The molecule has 0 unspecified atom stereocenters. The maximum absolute atomic E-state index is 13.9. The molecule has 0 aromatic heterocycles. The minimum absolute atomic E-state index is 0.290. The number of halogens is 1. The molecule has 7 heteroatoms. The third kappa shape index (κ3) is 1.97. The number of nitriles is 3. The fourth-order valence-corrected chi connectivity index (χ4v) is 5.01. The van der Waals surface area contributed by atoms with E-state index in [0.717, 1.165) is 19.3 Å². The van der Waals surface area contributed by atoms with Gasteiger partial charge in [-0.2, -0.15) is 15.8 Å². The van der Waals surface area contributed by atoms with Crippen molar-refractivity contribution in [1.82, 2.24) is 0 Å². The topological polar surface area (TPSA) is 114 Å². The molecular formula is C20H17FN4O2. The van der Waals surface area contributed by atoms with Gasteiger partial charge in [0.2, 0.25) is 17.1 Å². The summed E-state index contributed by atoms with van der Waals surface area (Å²) in [5.41, 5.74) is -3.48. The molecule has 2 bridgehead atoms. The van der Waals surface area contributed by atoms with Crippen molar-refractivity contribution >= 4 is 5.90 Å². The van der Waals surface area contributed by atoms with Gasteiger partial charge in [0.05, 0.1) is 24.1 Å². The maximum atomic E-state index is 13.9. The first-order valence-electron chi connectivity index (χ1n) is 8.95. The van der Waals surface area contributed by atoms with Crippen molar-refractivity contribution in [1.29, 1.82) is 21.2 Å². The van der Waals surface area contributed by atoms with Crippen molar-refractivity contribution in [3.05, 3.63) is 35.6 Å². The molecule has 6 nitrogen and oxygen atoms in total. The molecule has 4 rings (SSSR count). The molecule has 0 radical (unpaired) electrons. The van der Waals surface area contributed by atoms with E-state index in [0.29, 0.717) is 12.8 Å². The van der Waals surface area contributed by atoms with Crippen LogP contribution in [0.2, 0.25) is 0 Å². The fourth-order valence-electron chi connectivity index (χ4n) is 5.01. The number of hydrogen-bond donors (Lipinski definition) is 1. The molecule has 3 aliphatic rings. The smallest absolute Gasteiger partial charge is 0.217 e. The standard InChI is InChI=1S/C20H17FN4O2/c21-14-6-4-5-13(9-14)16-18(10-22,11-23)19(12-24)15-7-2-1-3-8-20(15,26-16)27-17(19)25/h4-6,9,15-16,25H,1-3,7-8H2/t15-,16-,19+,20+/m0/s1. The molecule has 1 saturated carbocycles. The highest BCUT2D eigenvalue weighted by Crippen LogP contribution is 2.68. The summed E-state index contributed by atoms with van der Waals surface area (Å²) in [6.07, 6.45) is 2.29. The minimum atomic E-state index is -2.01. The molecule has 27 heavy (non-hydrogen) atoms. The first-order chi connectivity index (χ1) is 13.0. The highest BCUT2D eigenvalue weighted by Gasteiger charge is 2.80. The molecule has 2 aliphatic heterocycles. The zero-order valence-corrected chi connectivity index (χ0v) is 14.5. The van der Waals surface area contributed by atoms with E-state index >= 15 is 0 Å². The molecule has 4 atom stereocenters. The number of rotatable bonds is 1. The zero-order chi connectivity index (χ0) is 19.3. The van der Waals surface area contributed by atoms with Crippen LogP contribution in [0.3, 0.4) is 0 Å². The van der Waals surface area contributed by atoms with Gasteiger partial charge in [-0.1, -0.05) is 25.0 Å². The van der Waals surface area contributed by atoms with Crippen LogP contribution in [0.15, 0.2) is 24.3 Å². The number of hydrogen-bond acceptors (Lipinski definition) is 6. The number of nitrogens with one attached hydrogen (secondary N) is 1. The Hall–Kier alpha value is -2.95. The van der Waals surface area contributed by atoms with Crippen LogP contribution >= 0.6 is 0 Å². The van der Waals surface area contributed by atoms with Gasteiger partial charge in [-0.3, -0.25) is 5.41 Å². The van der Waals surface area contributed by atoms with Crippen LogP contribution in [0.4, 0.5) is 4.39 Å². The minimum Gasteiger partial charge on any atom is -0.447 e. The normalized spacial score (nSPS) is 36.3. The second kappa shape index (κ2) is 5.78. The highest BCUT2D eigenvalue weighted by molar-refractivity contribution is 5.89. The van der Waals surface area contributed by atoms with Gasteiger partial charge in [-0.05, 0) is 30.5 Å². The van der Waals surface area contributed by atoms with Crippen molar-refractivity contribution in [3.8, 4) is 18.2 Å². The first-order valence-corrected chi connectivity index (χ1v) is 8.95. The van der Waals surface area contributed by atoms with Gasteiger partial charge in [-0.15, -0.1) is 0 Å². The van der Waals surface area contributed by atoms with Gasteiger partial charge < -0.3 is 9.47 Å². The highest BCUT2D eigenvalue weighted by atomic mass is 19.1. The Morgan fingerprint density at radius 3 is 2.56 bits per heavy atom. The van der Waals surface area contributed by atoms with E-state index in [9.17, 15) is 20.2 Å². The Morgan fingerprint density at radius 2 is 1.89 bits per heavy atom.